The first-order chi connectivity index (χ1) is 8.61. The van der Waals surface area contributed by atoms with Crippen molar-refractivity contribution in [3.8, 4) is 5.75 Å². The minimum atomic E-state index is -0.518. The zero-order chi connectivity index (χ0) is 13.1. The molecule has 0 radical (unpaired) electrons. The van der Waals surface area contributed by atoms with E-state index < -0.39 is 5.82 Å². The van der Waals surface area contributed by atoms with E-state index >= 15 is 0 Å². The molecule has 0 saturated carbocycles. The molecule has 0 aliphatic heterocycles. The molecule has 0 fully saturated rings. The topological polar surface area (TPSA) is 35.2 Å². The molecule has 0 amide bonds. The number of thiophene rings is 1. The van der Waals surface area contributed by atoms with E-state index in [1.807, 2.05) is 16.8 Å². The highest BCUT2D eigenvalue weighted by Crippen LogP contribution is 2.33. The molecule has 1 heterocycles. The monoisotopic (exact) mass is 349 g/mol. The first kappa shape index (κ1) is 13.8. The second kappa shape index (κ2) is 6.02. The lowest BCUT2D eigenvalue weighted by molar-refractivity contribution is 0.212. The average molecular weight is 351 g/mol. The Bertz CT molecular complexity index is 535. The summed E-state index contributed by atoms with van der Waals surface area (Å²) >= 11 is 10.5. The van der Waals surface area contributed by atoms with Gasteiger partial charge in [0.1, 0.15) is 17.7 Å². The molecule has 1 aromatic carbocycles. The average Bonchev–Trinajstić information content (AvgIpc) is 2.85. The molecule has 0 bridgehead atoms. The number of rotatable bonds is 4. The largest absolute Gasteiger partial charge is 0.483 e. The van der Waals surface area contributed by atoms with E-state index in [2.05, 4.69) is 15.9 Å². The Kier molecular flexibility index (Phi) is 4.61. The minimum Gasteiger partial charge on any atom is -0.483 e. The molecule has 2 rings (SSSR count). The van der Waals surface area contributed by atoms with Gasteiger partial charge in [-0.15, -0.1) is 0 Å². The normalized spacial score (nSPS) is 12.4. The van der Waals surface area contributed by atoms with Crippen LogP contribution in [0.2, 0.25) is 5.02 Å². The lowest BCUT2D eigenvalue weighted by Gasteiger charge is -2.17. The second-order valence-corrected chi connectivity index (χ2v) is 5.64. The van der Waals surface area contributed by atoms with Gasteiger partial charge in [-0.1, -0.05) is 11.6 Å². The Morgan fingerprint density at radius 2 is 2.28 bits per heavy atom. The number of benzene rings is 1. The summed E-state index contributed by atoms with van der Waals surface area (Å²) in [7, 11) is 0. The van der Waals surface area contributed by atoms with Crippen LogP contribution < -0.4 is 10.5 Å². The number of nitrogens with two attached hydrogens (primary N) is 1. The Labute approximate surface area is 122 Å². The van der Waals surface area contributed by atoms with E-state index in [4.69, 9.17) is 22.1 Å². The number of hydrogen-bond acceptors (Lipinski definition) is 3. The van der Waals surface area contributed by atoms with Gasteiger partial charge in [-0.25, -0.2) is 4.39 Å². The first-order valence-electron chi connectivity index (χ1n) is 5.15. The summed E-state index contributed by atoms with van der Waals surface area (Å²) in [5, 5.41) is 3.95. The molecule has 18 heavy (non-hydrogen) atoms. The van der Waals surface area contributed by atoms with Crippen LogP contribution in [0, 0.1) is 5.82 Å². The van der Waals surface area contributed by atoms with Crippen LogP contribution in [0.5, 0.6) is 5.75 Å². The quantitative estimate of drug-likeness (QED) is 0.830. The molecule has 1 aromatic heterocycles. The number of ether oxygens (including phenoxy) is 1. The van der Waals surface area contributed by atoms with Gasteiger partial charge < -0.3 is 10.5 Å². The Hall–Kier alpha value is -0.620. The lowest BCUT2D eigenvalue weighted by atomic mass is 10.2. The van der Waals surface area contributed by atoms with Gasteiger partial charge in [0.15, 0.2) is 0 Å². The molecule has 96 valence electrons. The van der Waals surface area contributed by atoms with Crippen LogP contribution in [-0.4, -0.2) is 6.54 Å². The van der Waals surface area contributed by atoms with Crippen molar-refractivity contribution in [2.75, 3.05) is 6.54 Å². The van der Waals surface area contributed by atoms with Crippen LogP contribution in [-0.2, 0) is 0 Å². The van der Waals surface area contributed by atoms with Crippen molar-refractivity contribution in [1.82, 2.24) is 0 Å². The van der Waals surface area contributed by atoms with Gasteiger partial charge in [0.25, 0.3) is 0 Å². The summed E-state index contributed by atoms with van der Waals surface area (Å²) < 4.78 is 19.7. The van der Waals surface area contributed by atoms with E-state index in [-0.39, 0.29) is 11.1 Å². The molecule has 0 aliphatic rings. The van der Waals surface area contributed by atoms with Gasteiger partial charge in [0.05, 0.1) is 9.50 Å². The molecule has 1 atom stereocenters. The van der Waals surface area contributed by atoms with Gasteiger partial charge in [-0.2, -0.15) is 11.3 Å². The summed E-state index contributed by atoms with van der Waals surface area (Å²) in [6.45, 7) is 0.313. The molecule has 2 N–H and O–H groups in total. The van der Waals surface area contributed by atoms with Crippen LogP contribution in [0.3, 0.4) is 0 Å². The van der Waals surface area contributed by atoms with Crippen LogP contribution in [0.15, 0.2) is 33.4 Å². The predicted molar refractivity (Wildman–Crippen MR) is 75.9 cm³/mol. The van der Waals surface area contributed by atoms with E-state index in [9.17, 15) is 4.39 Å². The number of hydrogen-bond donors (Lipinski definition) is 1. The van der Waals surface area contributed by atoms with Crippen molar-refractivity contribution in [1.29, 1.82) is 0 Å². The van der Waals surface area contributed by atoms with Crippen molar-refractivity contribution in [2.24, 2.45) is 5.73 Å². The summed E-state index contributed by atoms with van der Waals surface area (Å²) in [6, 6.07) is 4.65. The van der Waals surface area contributed by atoms with E-state index in [1.165, 1.54) is 12.1 Å². The Morgan fingerprint density at radius 1 is 1.50 bits per heavy atom. The third kappa shape index (κ3) is 3.03. The van der Waals surface area contributed by atoms with Gasteiger partial charge in [0.2, 0.25) is 0 Å². The van der Waals surface area contributed by atoms with Crippen LogP contribution in [0.25, 0.3) is 0 Å². The number of halogens is 3. The van der Waals surface area contributed by atoms with Crippen molar-refractivity contribution >= 4 is 38.9 Å². The summed E-state index contributed by atoms with van der Waals surface area (Å²) in [6.07, 6.45) is -0.298. The Balaban J connectivity index is 2.25. The highest BCUT2D eigenvalue weighted by molar-refractivity contribution is 9.10. The fourth-order valence-electron chi connectivity index (χ4n) is 1.46. The lowest BCUT2D eigenvalue weighted by Crippen LogP contribution is -2.18. The first-order valence-corrected chi connectivity index (χ1v) is 7.26. The SMILES string of the molecule is NCC(Oc1cc(F)c(Cl)cc1Br)c1ccsc1. The van der Waals surface area contributed by atoms with Crippen LogP contribution in [0.1, 0.15) is 11.7 Å². The maximum atomic E-state index is 13.4. The van der Waals surface area contributed by atoms with Gasteiger partial charge in [-0.05, 0) is 38.8 Å². The summed E-state index contributed by atoms with van der Waals surface area (Å²) in [5.41, 5.74) is 6.65. The van der Waals surface area contributed by atoms with Crippen LogP contribution >= 0.6 is 38.9 Å². The minimum absolute atomic E-state index is 0.0501. The highest BCUT2D eigenvalue weighted by atomic mass is 79.9. The fraction of sp³-hybridized carbons (Fsp3) is 0.167. The van der Waals surface area contributed by atoms with Crippen molar-refractivity contribution in [3.05, 3.63) is 49.8 Å². The Morgan fingerprint density at radius 3 is 2.89 bits per heavy atom. The molecule has 0 spiro atoms. The molecule has 0 saturated heterocycles. The molecule has 6 heteroatoms. The van der Waals surface area contributed by atoms with Crippen LogP contribution in [0.4, 0.5) is 4.39 Å². The van der Waals surface area contributed by atoms with Gasteiger partial charge in [0, 0.05) is 18.2 Å². The smallest absolute Gasteiger partial charge is 0.145 e. The molecular weight excluding hydrogens is 341 g/mol. The molecule has 0 aliphatic carbocycles. The third-order valence-electron chi connectivity index (χ3n) is 2.37. The van der Waals surface area contributed by atoms with Gasteiger partial charge in [-0.3, -0.25) is 0 Å². The molecule has 2 nitrogen and oxygen atoms in total. The maximum absolute atomic E-state index is 13.4. The highest BCUT2D eigenvalue weighted by Gasteiger charge is 2.15. The standard InChI is InChI=1S/C12H10BrClFNOS/c13-8-3-9(14)10(15)4-11(8)17-12(5-16)7-1-2-18-6-7/h1-4,6,12H,5,16H2. The predicted octanol–water partition coefficient (Wildman–Crippen LogP) is 4.38. The van der Waals surface area contributed by atoms with Gasteiger partial charge >= 0.3 is 0 Å². The van der Waals surface area contributed by atoms with Crippen molar-refractivity contribution < 1.29 is 9.13 Å². The molecule has 2 aromatic rings. The zero-order valence-corrected chi connectivity index (χ0v) is 12.4. The summed E-state index contributed by atoms with van der Waals surface area (Å²) in [4.78, 5) is 0. The third-order valence-corrected chi connectivity index (χ3v) is 3.98. The maximum Gasteiger partial charge on any atom is 0.145 e. The van der Waals surface area contributed by atoms with E-state index in [0.29, 0.717) is 16.8 Å². The van der Waals surface area contributed by atoms with Crippen molar-refractivity contribution in [2.45, 2.75) is 6.10 Å². The molecule has 1 unspecified atom stereocenters. The fourth-order valence-corrected chi connectivity index (χ4v) is 2.89. The van der Waals surface area contributed by atoms with E-state index in [0.717, 1.165) is 5.56 Å². The van der Waals surface area contributed by atoms with Crippen molar-refractivity contribution in [3.63, 3.8) is 0 Å². The summed E-state index contributed by atoms with van der Waals surface area (Å²) in [5.74, 6) is -0.130. The zero-order valence-electron chi connectivity index (χ0n) is 9.20. The molecular formula is C12H10BrClFNOS. The second-order valence-electron chi connectivity index (χ2n) is 3.60. The van der Waals surface area contributed by atoms with E-state index in [1.54, 1.807) is 11.3 Å².